The van der Waals surface area contributed by atoms with Gasteiger partial charge < -0.3 is 10.1 Å². The third-order valence-electron chi connectivity index (χ3n) is 3.02. The molecule has 0 saturated carbocycles. The molecule has 114 valence electrons. The van der Waals surface area contributed by atoms with Crippen molar-refractivity contribution in [1.29, 1.82) is 0 Å². The highest BCUT2D eigenvalue weighted by Gasteiger charge is 2.12. The van der Waals surface area contributed by atoms with E-state index in [0.29, 0.717) is 23.6 Å². The van der Waals surface area contributed by atoms with Crippen molar-refractivity contribution in [1.82, 2.24) is 0 Å². The van der Waals surface area contributed by atoms with Crippen molar-refractivity contribution in [3.05, 3.63) is 59.4 Å². The number of amides is 1. The van der Waals surface area contributed by atoms with Crippen LogP contribution < -0.4 is 10.1 Å². The van der Waals surface area contributed by atoms with Gasteiger partial charge in [-0.2, -0.15) is 0 Å². The van der Waals surface area contributed by atoms with Crippen LogP contribution >= 0.6 is 0 Å². The van der Waals surface area contributed by atoms with Crippen LogP contribution in [0.2, 0.25) is 0 Å². The maximum absolute atomic E-state index is 13.2. The molecule has 0 aromatic heterocycles. The van der Waals surface area contributed by atoms with E-state index >= 15 is 0 Å². The van der Waals surface area contributed by atoms with Crippen molar-refractivity contribution in [3.8, 4) is 5.75 Å². The van der Waals surface area contributed by atoms with Gasteiger partial charge in [-0.15, -0.1) is 0 Å². The molecule has 0 spiro atoms. The maximum Gasteiger partial charge on any atom is 0.255 e. The molecular formula is C17H16FNO3. The number of carbonyl (C=O) groups is 2. The van der Waals surface area contributed by atoms with E-state index < -0.39 is 11.7 Å². The van der Waals surface area contributed by atoms with Crippen LogP contribution in [0.5, 0.6) is 5.75 Å². The number of benzene rings is 2. The van der Waals surface area contributed by atoms with Crippen LogP contribution in [-0.4, -0.2) is 18.3 Å². The second kappa shape index (κ2) is 6.85. The highest BCUT2D eigenvalue weighted by Crippen LogP contribution is 2.26. The van der Waals surface area contributed by atoms with E-state index in [2.05, 4.69) is 5.32 Å². The van der Waals surface area contributed by atoms with Crippen LogP contribution in [0, 0.1) is 5.82 Å². The first-order valence-corrected chi connectivity index (χ1v) is 6.86. The molecule has 0 saturated heterocycles. The van der Waals surface area contributed by atoms with Gasteiger partial charge in [0, 0.05) is 11.1 Å². The van der Waals surface area contributed by atoms with E-state index in [1.807, 2.05) is 6.92 Å². The molecular weight excluding hydrogens is 285 g/mol. The zero-order valence-corrected chi connectivity index (χ0v) is 12.4. The van der Waals surface area contributed by atoms with E-state index in [-0.39, 0.29) is 11.3 Å². The van der Waals surface area contributed by atoms with Crippen molar-refractivity contribution in [2.75, 3.05) is 11.9 Å². The Morgan fingerprint density at radius 3 is 2.55 bits per heavy atom. The van der Waals surface area contributed by atoms with E-state index in [0.717, 1.165) is 6.07 Å². The second-order valence-electron chi connectivity index (χ2n) is 4.66. The van der Waals surface area contributed by atoms with Crippen molar-refractivity contribution in [3.63, 3.8) is 0 Å². The summed E-state index contributed by atoms with van der Waals surface area (Å²) < 4.78 is 18.6. The summed E-state index contributed by atoms with van der Waals surface area (Å²) in [7, 11) is 0. The van der Waals surface area contributed by atoms with Crippen molar-refractivity contribution in [2.45, 2.75) is 13.8 Å². The van der Waals surface area contributed by atoms with E-state index in [1.165, 1.54) is 25.1 Å². The Balaban J connectivity index is 2.32. The Kier molecular flexibility index (Phi) is 4.88. The summed E-state index contributed by atoms with van der Waals surface area (Å²) in [6.07, 6.45) is 0. The minimum atomic E-state index is -0.491. The molecule has 2 rings (SSSR count). The molecule has 0 fully saturated rings. The maximum atomic E-state index is 13.2. The lowest BCUT2D eigenvalue weighted by Gasteiger charge is -2.12. The number of ketones is 1. The van der Waals surface area contributed by atoms with Crippen LogP contribution in [0.25, 0.3) is 0 Å². The zero-order valence-electron chi connectivity index (χ0n) is 12.4. The second-order valence-corrected chi connectivity index (χ2v) is 4.66. The zero-order chi connectivity index (χ0) is 16.1. The highest BCUT2D eigenvalue weighted by atomic mass is 19.1. The number of nitrogens with one attached hydrogen (secondary N) is 1. The number of ether oxygens (including phenoxy) is 1. The van der Waals surface area contributed by atoms with Gasteiger partial charge in [0.05, 0.1) is 12.3 Å². The smallest absolute Gasteiger partial charge is 0.255 e. The third kappa shape index (κ3) is 3.69. The van der Waals surface area contributed by atoms with Gasteiger partial charge in [0.25, 0.3) is 5.91 Å². The number of carbonyl (C=O) groups excluding carboxylic acids is 2. The minimum Gasteiger partial charge on any atom is -0.492 e. The largest absolute Gasteiger partial charge is 0.492 e. The van der Waals surface area contributed by atoms with Crippen LogP contribution in [-0.2, 0) is 0 Å². The van der Waals surface area contributed by atoms with Gasteiger partial charge in [0.1, 0.15) is 11.6 Å². The summed E-state index contributed by atoms with van der Waals surface area (Å²) in [6, 6.07) is 10.2. The highest BCUT2D eigenvalue weighted by molar-refractivity contribution is 6.06. The topological polar surface area (TPSA) is 55.4 Å². The van der Waals surface area contributed by atoms with E-state index in [9.17, 15) is 14.0 Å². The van der Waals surface area contributed by atoms with Gasteiger partial charge >= 0.3 is 0 Å². The molecule has 0 aliphatic heterocycles. The normalized spacial score (nSPS) is 10.1. The van der Waals surface area contributed by atoms with E-state index in [1.54, 1.807) is 18.2 Å². The summed E-state index contributed by atoms with van der Waals surface area (Å²) in [5.41, 5.74) is 1.03. The first-order valence-electron chi connectivity index (χ1n) is 6.86. The lowest BCUT2D eigenvalue weighted by molar-refractivity contribution is 0.101. The predicted octanol–water partition coefficient (Wildman–Crippen LogP) is 3.68. The Bertz CT molecular complexity index is 713. The van der Waals surface area contributed by atoms with Gasteiger partial charge in [0.2, 0.25) is 0 Å². The average Bonchev–Trinajstić information content (AvgIpc) is 2.49. The predicted molar refractivity (Wildman–Crippen MR) is 82.0 cm³/mol. The number of Topliss-reactive ketones (excluding diaryl/α,β-unsaturated/α-hetero) is 1. The fourth-order valence-electron chi connectivity index (χ4n) is 1.95. The molecule has 22 heavy (non-hydrogen) atoms. The number of halogens is 1. The fourth-order valence-corrected chi connectivity index (χ4v) is 1.95. The number of hydrogen-bond acceptors (Lipinski definition) is 3. The van der Waals surface area contributed by atoms with Gasteiger partial charge in [-0.3, -0.25) is 9.59 Å². The Morgan fingerprint density at radius 2 is 1.91 bits per heavy atom. The van der Waals surface area contributed by atoms with E-state index in [4.69, 9.17) is 4.74 Å². The molecule has 5 heteroatoms. The molecule has 0 aliphatic rings. The molecule has 0 aliphatic carbocycles. The Morgan fingerprint density at radius 1 is 1.14 bits per heavy atom. The monoisotopic (exact) mass is 301 g/mol. The van der Waals surface area contributed by atoms with Gasteiger partial charge in [-0.1, -0.05) is 6.07 Å². The molecule has 0 heterocycles. The van der Waals surface area contributed by atoms with Crippen LogP contribution in [0.15, 0.2) is 42.5 Å². The number of rotatable bonds is 5. The molecule has 2 aromatic rings. The quantitative estimate of drug-likeness (QED) is 0.857. The van der Waals surface area contributed by atoms with Gasteiger partial charge in [-0.05, 0) is 50.2 Å². The SMILES string of the molecule is CCOc1ccc(C(C)=O)cc1NC(=O)c1cccc(F)c1. The van der Waals surface area contributed by atoms with Crippen LogP contribution in [0.1, 0.15) is 34.6 Å². The molecule has 1 N–H and O–H groups in total. The van der Waals surface area contributed by atoms with Crippen molar-refractivity contribution >= 4 is 17.4 Å². The summed E-state index contributed by atoms with van der Waals surface area (Å²) in [6.45, 7) is 3.67. The standard InChI is InChI=1S/C17H16FNO3/c1-3-22-16-8-7-12(11(2)20)10-15(16)19-17(21)13-5-4-6-14(18)9-13/h4-10H,3H2,1-2H3,(H,19,21). The van der Waals surface area contributed by atoms with Gasteiger partial charge in [-0.25, -0.2) is 4.39 Å². The Hall–Kier alpha value is -2.69. The summed E-state index contributed by atoms with van der Waals surface area (Å²) in [4.78, 5) is 23.6. The Labute approximate surface area is 127 Å². The van der Waals surface area contributed by atoms with Crippen molar-refractivity contribution < 1.29 is 18.7 Å². The molecule has 0 bridgehead atoms. The van der Waals surface area contributed by atoms with Crippen LogP contribution in [0.4, 0.5) is 10.1 Å². The molecule has 2 aromatic carbocycles. The third-order valence-corrected chi connectivity index (χ3v) is 3.02. The molecule has 1 amide bonds. The molecule has 0 atom stereocenters. The molecule has 0 radical (unpaired) electrons. The molecule has 0 unspecified atom stereocenters. The van der Waals surface area contributed by atoms with Crippen LogP contribution in [0.3, 0.4) is 0 Å². The first-order chi connectivity index (χ1) is 10.5. The lowest BCUT2D eigenvalue weighted by atomic mass is 10.1. The summed E-state index contributed by atoms with van der Waals surface area (Å²) >= 11 is 0. The number of anilines is 1. The van der Waals surface area contributed by atoms with Crippen molar-refractivity contribution in [2.24, 2.45) is 0 Å². The lowest BCUT2D eigenvalue weighted by Crippen LogP contribution is -2.13. The van der Waals surface area contributed by atoms with Gasteiger partial charge in [0.15, 0.2) is 5.78 Å². The first kappa shape index (κ1) is 15.7. The summed E-state index contributed by atoms with van der Waals surface area (Å²) in [5.74, 6) is -0.627. The molecule has 4 nitrogen and oxygen atoms in total. The minimum absolute atomic E-state index is 0.121. The fraction of sp³-hybridized carbons (Fsp3) is 0.176. The summed E-state index contributed by atoms with van der Waals surface area (Å²) in [5, 5.41) is 2.65. The average molecular weight is 301 g/mol. The number of hydrogen-bond donors (Lipinski definition) is 1.